The van der Waals surface area contributed by atoms with Crippen molar-refractivity contribution in [3.05, 3.63) is 23.0 Å². The third-order valence-corrected chi connectivity index (χ3v) is 2.85. The van der Waals surface area contributed by atoms with Crippen LogP contribution in [0.1, 0.15) is 36.2 Å². The van der Waals surface area contributed by atoms with Gasteiger partial charge in [-0.3, -0.25) is 4.79 Å². The SMILES string of the molecule is CC(C)OC(=O)c1c(N)c(F)cc2c1CCC(=O)N2. The molecule has 1 aromatic carbocycles. The molecule has 3 N–H and O–H groups in total. The van der Waals surface area contributed by atoms with Gasteiger partial charge >= 0.3 is 5.97 Å². The number of fused-ring (bicyclic) bond motifs is 1. The molecule has 0 fully saturated rings. The number of halogens is 1. The smallest absolute Gasteiger partial charge is 0.340 e. The molecule has 0 unspecified atom stereocenters. The van der Waals surface area contributed by atoms with E-state index >= 15 is 0 Å². The standard InChI is InChI=1S/C13H15FN2O3/c1-6(2)19-13(18)11-7-3-4-10(17)16-9(7)5-8(14)12(11)15/h5-6H,3-4,15H2,1-2H3,(H,16,17). The largest absolute Gasteiger partial charge is 0.459 e. The van der Waals surface area contributed by atoms with Crippen LogP contribution in [0.4, 0.5) is 15.8 Å². The Hall–Kier alpha value is -2.11. The fourth-order valence-electron chi connectivity index (χ4n) is 2.04. The number of nitrogen functional groups attached to an aromatic ring is 1. The lowest BCUT2D eigenvalue weighted by molar-refractivity contribution is -0.116. The number of hydrogen-bond donors (Lipinski definition) is 2. The molecule has 0 spiro atoms. The highest BCUT2D eigenvalue weighted by molar-refractivity contribution is 6.02. The van der Waals surface area contributed by atoms with Crippen LogP contribution in [0.25, 0.3) is 0 Å². The van der Waals surface area contributed by atoms with E-state index in [-0.39, 0.29) is 29.7 Å². The van der Waals surface area contributed by atoms with Crippen LogP contribution in [0, 0.1) is 5.82 Å². The van der Waals surface area contributed by atoms with Gasteiger partial charge in [-0.25, -0.2) is 9.18 Å². The van der Waals surface area contributed by atoms with E-state index in [2.05, 4.69) is 5.32 Å². The molecule has 0 atom stereocenters. The molecule has 0 saturated carbocycles. The summed E-state index contributed by atoms with van der Waals surface area (Å²) < 4.78 is 18.8. The minimum atomic E-state index is -0.739. The van der Waals surface area contributed by atoms with E-state index < -0.39 is 11.8 Å². The van der Waals surface area contributed by atoms with Gasteiger partial charge in [0.1, 0.15) is 5.82 Å². The molecule has 19 heavy (non-hydrogen) atoms. The van der Waals surface area contributed by atoms with Gasteiger partial charge in [0.25, 0.3) is 0 Å². The summed E-state index contributed by atoms with van der Waals surface area (Å²) in [6.07, 6.45) is 0.248. The Bertz CT molecular complexity index is 555. The summed E-state index contributed by atoms with van der Waals surface area (Å²) in [6, 6.07) is 1.13. The fourth-order valence-corrected chi connectivity index (χ4v) is 2.04. The second kappa shape index (κ2) is 4.87. The van der Waals surface area contributed by atoms with Crippen molar-refractivity contribution in [1.29, 1.82) is 0 Å². The van der Waals surface area contributed by atoms with Crippen LogP contribution in [0.5, 0.6) is 0 Å². The number of anilines is 2. The number of carbonyl (C=O) groups excluding carboxylic acids is 2. The fraction of sp³-hybridized carbons (Fsp3) is 0.385. The first-order chi connectivity index (χ1) is 8.90. The van der Waals surface area contributed by atoms with Crippen LogP contribution < -0.4 is 11.1 Å². The van der Waals surface area contributed by atoms with Crippen molar-refractivity contribution in [2.24, 2.45) is 0 Å². The molecule has 1 aliphatic rings. The highest BCUT2D eigenvalue weighted by Gasteiger charge is 2.27. The van der Waals surface area contributed by atoms with Crippen LogP contribution in [-0.2, 0) is 16.0 Å². The molecule has 1 aliphatic heterocycles. The van der Waals surface area contributed by atoms with Crippen molar-refractivity contribution in [2.75, 3.05) is 11.1 Å². The number of ether oxygens (including phenoxy) is 1. The van der Waals surface area contributed by atoms with Gasteiger partial charge in [0.15, 0.2) is 0 Å². The number of nitrogens with two attached hydrogens (primary N) is 1. The molecular formula is C13H15FN2O3. The Kier molecular flexibility index (Phi) is 3.42. The summed E-state index contributed by atoms with van der Waals surface area (Å²) in [5, 5.41) is 2.53. The number of hydrogen-bond acceptors (Lipinski definition) is 4. The molecule has 102 valence electrons. The summed E-state index contributed by atoms with van der Waals surface area (Å²) in [6.45, 7) is 3.39. The first-order valence-corrected chi connectivity index (χ1v) is 6.01. The van der Waals surface area contributed by atoms with Gasteiger partial charge in [-0.2, -0.15) is 0 Å². The van der Waals surface area contributed by atoms with Crippen LogP contribution >= 0.6 is 0 Å². The van der Waals surface area contributed by atoms with E-state index in [4.69, 9.17) is 10.5 Å². The van der Waals surface area contributed by atoms with Gasteiger partial charge < -0.3 is 15.8 Å². The minimum absolute atomic E-state index is 0.0173. The maximum absolute atomic E-state index is 13.7. The van der Waals surface area contributed by atoms with Crippen molar-refractivity contribution in [3.8, 4) is 0 Å². The predicted molar refractivity (Wildman–Crippen MR) is 68.3 cm³/mol. The molecular weight excluding hydrogens is 251 g/mol. The van der Waals surface area contributed by atoms with Gasteiger partial charge in [0.2, 0.25) is 5.91 Å². The summed E-state index contributed by atoms with van der Waals surface area (Å²) in [5.74, 6) is -1.61. The predicted octanol–water partition coefficient (Wildman–Crippen LogP) is 1.86. The topological polar surface area (TPSA) is 81.4 Å². The molecule has 2 rings (SSSR count). The van der Waals surface area contributed by atoms with E-state index in [1.807, 2.05) is 0 Å². The summed E-state index contributed by atoms with van der Waals surface area (Å²) in [4.78, 5) is 23.3. The number of amides is 1. The Morgan fingerprint density at radius 2 is 2.16 bits per heavy atom. The number of carbonyl (C=O) groups is 2. The van der Waals surface area contributed by atoms with Gasteiger partial charge in [0.05, 0.1) is 17.4 Å². The number of benzene rings is 1. The van der Waals surface area contributed by atoms with Crippen LogP contribution in [0.15, 0.2) is 6.07 Å². The quantitative estimate of drug-likeness (QED) is 0.632. The van der Waals surface area contributed by atoms with Crippen molar-refractivity contribution in [2.45, 2.75) is 32.8 Å². The Morgan fingerprint density at radius 3 is 2.79 bits per heavy atom. The normalized spacial score (nSPS) is 14.0. The first-order valence-electron chi connectivity index (χ1n) is 6.01. The lowest BCUT2D eigenvalue weighted by Crippen LogP contribution is -2.24. The molecule has 0 aliphatic carbocycles. The van der Waals surface area contributed by atoms with E-state index in [0.29, 0.717) is 17.7 Å². The van der Waals surface area contributed by atoms with Gasteiger partial charge in [0, 0.05) is 12.1 Å². The van der Waals surface area contributed by atoms with Crippen molar-refractivity contribution >= 4 is 23.3 Å². The van der Waals surface area contributed by atoms with E-state index in [1.54, 1.807) is 13.8 Å². The Balaban J connectivity index is 2.52. The van der Waals surface area contributed by atoms with E-state index in [9.17, 15) is 14.0 Å². The van der Waals surface area contributed by atoms with Gasteiger partial charge in [-0.05, 0) is 31.9 Å². The Morgan fingerprint density at radius 1 is 1.47 bits per heavy atom. The van der Waals surface area contributed by atoms with Crippen LogP contribution in [-0.4, -0.2) is 18.0 Å². The molecule has 0 radical (unpaired) electrons. The lowest BCUT2D eigenvalue weighted by Gasteiger charge is -2.21. The highest BCUT2D eigenvalue weighted by Crippen LogP contribution is 2.32. The summed E-state index contributed by atoms with van der Waals surface area (Å²) in [5.41, 5.74) is 6.23. The zero-order chi connectivity index (χ0) is 14.2. The monoisotopic (exact) mass is 266 g/mol. The molecule has 0 aromatic heterocycles. The first kappa shape index (κ1) is 13.3. The maximum atomic E-state index is 13.7. The summed E-state index contributed by atoms with van der Waals surface area (Å²) in [7, 11) is 0. The molecule has 6 heteroatoms. The second-order valence-corrected chi connectivity index (χ2v) is 4.68. The molecule has 0 saturated heterocycles. The maximum Gasteiger partial charge on any atom is 0.340 e. The lowest BCUT2D eigenvalue weighted by atomic mass is 9.95. The molecule has 5 nitrogen and oxygen atoms in total. The van der Waals surface area contributed by atoms with Crippen molar-refractivity contribution in [3.63, 3.8) is 0 Å². The minimum Gasteiger partial charge on any atom is -0.459 e. The number of esters is 1. The summed E-state index contributed by atoms with van der Waals surface area (Å²) >= 11 is 0. The molecule has 0 bridgehead atoms. The van der Waals surface area contributed by atoms with E-state index in [0.717, 1.165) is 6.07 Å². The molecule has 1 heterocycles. The highest BCUT2D eigenvalue weighted by atomic mass is 19.1. The zero-order valence-corrected chi connectivity index (χ0v) is 10.7. The third kappa shape index (κ3) is 2.52. The van der Waals surface area contributed by atoms with Crippen LogP contribution in [0.2, 0.25) is 0 Å². The van der Waals surface area contributed by atoms with Gasteiger partial charge in [-0.1, -0.05) is 0 Å². The Labute approximate surface area is 109 Å². The zero-order valence-electron chi connectivity index (χ0n) is 10.7. The van der Waals surface area contributed by atoms with Gasteiger partial charge in [-0.15, -0.1) is 0 Å². The van der Waals surface area contributed by atoms with Crippen molar-refractivity contribution in [1.82, 2.24) is 0 Å². The number of rotatable bonds is 2. The molecule has 1 aromatic rings. The van der Waals surface area contributed by atoms with Crippen LogP contribution in [0.3, 0.4) is 0 Å². The molecule has 1 amide bonds. The third-order valence-electron chi connectivity index (χ3n) is 2.85. The van der Waals surface area contributed by atoms with E-state index in [1.165, 1.54) is 0 Å². The van der Waals surface area contributed by atoms with Crippen molar-refractivity contribution < 1.29 is 18.7 Å². The average Bonchev–Trinajstić information content (AvgIpc) is 2.29. The number of nitrogens with one attached hydrogen (secondary N) is 1. The second-order valence-electron chi connectivity index (χ2n) is 4.68. The average molecular weight is 266 g/mol.